The van der Waals surface area contributed by atoms with Crippen molar-refractivity contribution in [3.05, 3.63) is 30.3 Å². The molecule has 0 amide bonds. The van der Waals surface area contributed by atoms with Gasteiger partial charge in [-0.15, -0.1) is 11.3 Å². The van der Waals surface area contributed by atoms with E-state index in [1.165, 1.54) is 17.4 Å². The molecule has 0 aliphatic heterocycles. The summed E-state index contributed by atoms with van der Waals surface area (Å²) >= 11 is 1.29. The number of nitrogens with one attached hydrogen (secondary N) is 1. The number of thiazole rings is 1. The summed E-state index contributed by atoms with van der Waals surface area (Å²) in [5.41, 5.74) is 1.92. The predicted octanol–water partition coefficient (Wildman–Crippen LogP) is 1.10. The average molecular weight is 316 g/mol. The Morgan fingerprint density at radius 2 is 1.77 bits per heavy atom. The Labute approximate surface area is 130 Å². The molecule has 0 radical (unpaired) electrons. The molecule has 0 aliphatic rings. The Hall–Kier alpha value is -2.29. The van der Waals surface area contributed by atoms with E-state index in [1.807, 2.05) is 31.3 Å². The SMILES string of the molecule is CNc1ccc(-c2nc3c(O)c(O)c(B(O)O)cc3s2)cc1. The molecule has 112 valence electrons. The lowest BCUT2D eigenvalue weighted by atomic mass is 9.79. The molecular weight excluding hydrogens is 303 g/mol. The van der Waals surface area contributed by atoms with Crippen LogP contribution in [0.25, 0.3) is 20.8 Å². The van der Waals surface area contributed by atoms with Crippen molar-refractivity contribution in [2.24, 2.45) is 0 Å². The molecule has 0 saturated heterocycles. The van der Waals surface area contributed by atoms with Crippen molar-refractivity contribution in [2.75, 3.05) is 12.4 Å². The van der Waals surface area contributed by atoms with Gasteiger partial charge in [-0.3, -0.25) is 0 Å². The van der Waals surface area contributed by atoms with Crippen LogP contribution in [0.4, 0.5) is 5.69 Å². The molecule has 0 bridgehead atoms. The number of phenols is 2. The van der Waals surface area contributed by atoms with Crippen LogP contribution in [0.3, 0.4) is 0 Å². The molecule has 22 heavy (non-hydrogen) atoms. The van der Waals surface area contributed by atoms with E-state index in [0.29, 0.717) is 9.71 Å². The van der Waals surface area contributed by atoms with Crippen LogP contribution in [0.1, 0.15) is 0 Å². The average Bonchev–Trinajstić information content (AvgIpc) is 2.95. The fourth-order valence-electron chi connectivity index (χ4n) is 2.16. The van der Waals surface area contributed by atoms with Gasteiger partial charge in [-0.25, -0.2) is 4.98 Å². The molecule has 0 fully saturated rings. The standard InChI is InChI=1S/C14H13BN2O4S/c1-16-8-4-2-7(3-5-8)14-17-11-10(22-14)6-9(15(20)21)12(18)13(11)19/h2-6,16,18-21H,1H3. The maximum atomic E-state index is 9.99. The normalized spacial score (nSPS) is 10.9. The number of nitrogens with zero attached hydrogens (tertiary/aromatic N) is 1. The van der Waals surface area contributed by atoms with Gasteiger partial charge in [0.1, 0.15) is 10.5 Å². The first kappa shape index (κ1) is 14.6. The van der Waals surface area contributed by atoms with Crippen LogP contribution in [0.5, 0.6) is 11.5 Å². The zero-order valence-corrected chi connectivity index (χ0v) is 12.4. The van der Waals surface area contributed by atoms with Crippen molar-refractivity contribution in [2.45, 2.75) is 0 Å². The number of aromatic hydroxyl groups is 2. The van der Waals surface area contributed by atoms with E-state index in [1.54, 1.807) is 0 Å². The van der Waals surface area contributed by atoms with E-state index in [4.69, 9.17) is 0 Å². The van der Waals surface area contributed by atoms with Gasteiger partial charge in [0.15, 0.2) is 11.5 Å². The number of fused-ring (bicyclic) bond motifs is 1. The molecule has 8 heteroatoms. The summed E-state index contributed by atoms with van der Waals surface area (Å²) in [6, 6.07) is 9.01. The van der Waals surface area contributed by atoms with Crippen LogP contribution in [0.2, 0.25) is 0 Å². The topological polar surface area (TPSA) is 106 Å². The lowest BCUT2D eigenvalue weighted by Crippen LogP contribution is -2.29. The largest absolute Gasteiger partial charge is 0.504 e. The number of benzene rings is 2. The lowest BCUT2D eigenvalue weighted by molar-refractivity contribution is 0.399. The quantitative estimate of drug-likeness (QED) is 0.366. The lowest BCUT2D eigenvalue weighted by Gasteiger charge is -2.05. The van der Waals surface area contributed by atoms with Crippen LogP contribution in [0.15, 0.2) is 30.3 Å². The monoisotopic (exact) mass is 316 g/mol. The van der Waals surface area contributed by atoms with Gasteiger partial charge in [0.25, 0.3) is 0 Å². The second-order valence-electron chi connectivity index (χ2n) is 4.73. The van der Waals surface area contributed by atoms with Crippen LogP contribution in [-0.2, 0) is 0 Å². The van der Waals surface area contributed by atoms with Crippen LogP contribution >= 0.6 is 11.3 Å². The molecule has 0 spiro atoms. The molecule has 1 aromatic heterocycles. The van der Waals surface area contributed by atoms with Crippen LogP contribution in [-0.4, -0.2) is 39.4 Å². The Morgan fingerprint density at radius 1 is 1.09 bits per heavy atom. The van der Waals surface area contributed by atoms with E-state index in [2.05, 4.69) is 10.3 Å². The molecule has 0 unspecified atom stereocenters. The summed E-state index contributed by atoms with van der Waals surface area (Å²) in [4.78, 5) is 4.32. The van der Waals surface area contributed by atoms with Gasteiger partial charge in [-0.1, -0.05) is 0 Å². The second kappa shape index (κ2) is 5.49. The number of rotatable bonds is 3. The second-order valence-corrected chi connectivity index (χ2v) is 5.76. The molecule has 0 saturated carbocycles. The molecule has 0 aliphatic carbocycles. The third-order valence-electron chi connectivity index (χ3n) is 3.36. The number of aromatic nitrogens is 1. The van der Waals surface area contributed by atoms with Crippen molar-refractivity contribution >= 4 is 39.8 Å². The minimum Gasteiger partial charge on any atom is -0.504 e. The number of hydrogen-bond acceptors (Lipinski definition) is 7. The number of anilines is 1. The molecule has 2 aromatic carbocycles. The number of phenolic OH excluding ortho intramolecular Hbond substituents is 2. The Balaban J connectivity index is 2.14. The zero-order valence-electron chi connectivity index (χ0n) is 11.6. The molecule has 3 aromatic rings. The van der Waals surface area contributed by atoms with Crippen LogP contribution in [0, 0.1) is 0 Å². The molecular formula is C14H13BN2O4S. The maximum absolute atomic E-state index is 9.99. The summed E-state index contributed by atoms with van der Waals surface area (Å²) in [7, 11) is -0.0364. The summed E-state index contributed by atoms with van der Waals surface area (Å²) < 4.78 is 0.561. The van der Waals surface area contributed by atoms with Gasteiger partial charge < -0.3 is 25.6 Å². The minimum atomic E-state index is -1.87. The minimum absolute atomic E-state index is 0.147. The predicted molar refractivity (Wildman–Crippen MR) is 87.8 cm³/mol. The molecule has 0 atom stereocenters. The molecule has 5 N–H and O–H groups in total. The summed E-state index contributed by atoms with van der Waals surface area (Å²) in [6.07, 6.45) is 0. The van der Waals surface area contributed by atoms with Gasteiger partial charge in [0.05, 0.1) is 4.70 Å². The van der Waals surface area contributed by atoms with Gasteiger partial charge in [0.2, 0.25) is 0 Å². The highest BCUT2D eigenvalue weighted by molar-refractivity contribution is 7.21. The van der Waals surface area contributed by atoms with E-state index in [0.717, 1.165) is 11.3 Å². The van der Waals surface area contributed by atoms with Crippen molar-refractivity contribution in [1.29, 1.82) is 0 Å². The van der Waals surface area contributed by atoms with Crippen molar-refractivity contribution in [3.8, 4) is 22.1 Å². The van der Waals surface area contributed by atoms with Crippen LogP contribution < -0.4 is 10.8 Å². The van der Waals surface area contributed by atoms with Gasteiger partial charge >= 0.3 is 7.12 Å². The van der Waals surface area contributed by atoms with Crippen molar-refractivity contribution < 1.29 is 20.3 Å². The maximum Gasteiger partial charge on any atom is 0.492 e. The Bertz CT molecular complexity index is 833. The van der Waals surface area contributed by atoms with E-state index in [-0.39, 0.29) is 11.0 Å². The Kier molecular flexibility index (Phi) is 3.65. The Morgan fingerprint density at radius 3 is 2.36 bits per heavy atom. The third-order valence-corrected chi connectivity index (χ3v) is 4.41. The van der Waals surface area contributed by atoms with Gasteiger partial charge in [-0.2, -0.15) is 0 Å². The highest BCUT2D eigenvalue weighted by Crippen LogP contribution is 2.38. The van der Waals surface area contributed by atoms with Crippen molar-refractivity contribution in [1.82, 2.24) is 4.98 Å². The van der Waals surface area contributed by atoms with Gasteiger partial charge in [0, 0.05) is 23.8 Å². The fraction of sp³-hybridized carbons (Fsp3) is 0.0714. The smallest absolute Gasteiger partial charge is 0.492 e. The first-order valence-electron chi connectivity index (χ1n) is 6.51. The first-order valence-corrected chi connectivity index (χ1v) is 7.32. The highest BCUT2D eigenvalue weighted by Gasteiger charge is 2.23. The number of hydrogen-bond donors (Lipinski definition) is 5. The van der Waals surface area contributed by atoms with Gasteiger partial charge in [-0.05, 0) is 30.3 Å². The highest BCUT2D eigenvalue weighted by atomic mass is 32.1. The van der Waals surface area contributed by atoms with Crippen molar-refractivity contribution in [3.63, 3.8) is 0 Å². The summed E-state index contributed by atoms with van der Waals surface area (Å²) in [5, 5.41) is 41.9. The zero-order chi connectivity index (χ0) is 15.9. The van der Waals surface area contributed by atoms with E-state index >= 15 is 0 Å². The molecule has 3 rings (SSSR count). The van der Waals surface area contributed by atoms with E-state index in [9.17, 15) is 20.3 Å². The fourth-order valence-corrected chi connectivity index (χ4v) is 3.18. The van der Waals surface area contributed by atoms with E-state index < -0.39 is 18.6 Å². The summed E-state index contributed by atoms with van der Waals surface area (Å²) in [6.45, 7) is 0. The molecule has 1 heterocycles. The molecule has 6 nitrogen and oxygen atoms in total. The summed E-state index contributed by atoms with van der Waals surface area (Å²) in [5.74, 6) is -1.01. The third kappa shape index (κ3) is 2.37. The first-order chi connectivity index (χ1) is 10.5.